The van der Waals surface area contributed by atoms with Crippen LogP contribution in [0.25, 0.3) is 0 Å². The van der Waals surface area contributed by atoms with Crippen LogP contribution in [0.2, 0.25) is 0 Å². The lowest BCUT2D eigenvalue weighted by molar-refractivity contribution is 0.254. The van der Waals surface area contributed by atoms with Gasteiger partial charge in [-0.15, -0.1) is 0 Å². The molecule has 0 radical (unpaired) electrons. The third-order valence-corrected chi connectivity index (χ3v) is 4.63. The molecule has 2 rings (SSSR count). The predicted molar refractivity (Wildman–Crippen MR) is 82.0 cm³/mol. The minimum absolute atomic E-state index is 0.744. The Morgan fingerprint density at radius 1 is 1.18 bits per heavy atom. The summed E-state index contributed by atoms with van der Waals surface area (Å²) in [6, 6.07) is 9.59. The van der Waals surface area contributed by atoms with Gasteiger partial charge in [-0.2, -0.15) is 0 Å². The van der Waals surface area contributed by atoms with E-state index in [4.69, 9.17) is 0 Å². The molecule has 1 aliphatic carbocycles. The minimum atomic E-state index is 0.744. The van der Waals surface area contributed by atoms with Gasteiger partial charge in [0.25, 0.3) is 0 Å². The third-order valence-electron chi connectivity index (χ3n) is 3.92. The summed E-state index contributed by atoms with van der Waals surface area (Å²) in [6.07, 6.45) is 6.94. The van der Waals surface area contributed by atoms with Crippen LogP contribution in [0.15, 0.2) is 24.3 Å². The summed E-state index contributed by atoms with van der Waals surface area (Å²) in [5.74, 6) is 0.896. The second-order valence-corrected chi connectivity index (χ2v) is 6.31. The Kier molecular flexibility index (Phi) is 5.29. The van der Waals surface area contributed by atoms with E-state index in [1.54, 1.807) is 0 Å². The lowest BCUT2D eigenvalue weighted by Crippen LogP contribution is -2.37. The molecule has 0 bridgehead atoms. The van der Waals surface area contributed by atoms with E-state index < -0.39 is 0 Å². The van der Waals surface area contributed by atoms with E-state index >= 15 is 0 Å². The van der Waals surface area contributed by atoms with Crippen LogP contribution in [0.4, 0.5) is 0 Å². The summed E-state index contributed by atoms with van der Waals surface area (Å²) in [4.78, 5) is 0. The molecule has 1 nitrogen and oxygen atoms in total. The molecule has 1 N–H and O–H groups in total. The molecule has 0 aromatic heterocycles. The highest BCUT2D eigenvalue weighted by atomic mass is 127. The van der Waals surface area contributed by atoms with Gasteiger partial charge in [0.05, 0.1) is 0 Å². The van der Waals surface area contributed by atoms with Crippen molar-refractivity contribution in [2.24, 2.45) is 5.92 Å². The van der Waals surface area contributed by atoms with Crippen molar-refractivity contribution in [1.82, 2.24) is 5.32 Å². The van der Waals surface area contributed by atoms with Gasteiger partial charge in [0, 0.05) is 16.2 Å². The highest BCUT2D eigenvalue weighted by Gasteiger charge is 2.22. The van der Waals surface area contributed by atoms with E-state index in [-0.39, 0.29) is 0 Å². The smallest absolute Gasteiger partial charge is 0.0208 e. The van der Waals surface area contributed by atoms with Crippen molar-refractivity contribution in [1.29, 1.82) is 0 Å². The Labute approximate surface area is 119 Å². The third kappa shape index (κ3) is 3.95. The first kappa shape index (κ1) is 13.3. The first-order valence-electron chi connectivity index (χ1n) is 6.77. The molecule has 2 unspecified atom stereocenters. The summed E-state index contributed by atoms with van der Waals surface area (Å²) in [6.45, 7) is 3.35. The Morgan fingerprint density at radius 2 is 1.88 bits per heavy atom. The van der Waals surface area contributed by atoms with Crippen molar-refractivity contribution < 1.29 is 0 Å². The Balaban J connectivity index is 1.86. The van der Waals surface area contributed by atoms with Gasteiger partial charge < -0.3 is 5.32 Å². The Morgan fingerprint density at radius 3 is 2.59 bits per heavy atom. The zero-order valence-corrected chi connectivity index (χ0v) is 12.7. The average molecular weight is 343 g/mol. The molecule has 1 aromatic carbocycles. The summed E-state index contributed by atoms with van der Waals surface area (Å²) in [5.41, 5.74) is 1.41. The summed E-state index contributed by atoms with van der Waals surface area (Å²) in [5, 5.41) is 3.76. The molecule has 1 aromatic rings. The van der Waals surface area contributed by atoms with Crippen molar-refractivity contribution in [2.75, 3.05) is 0 Å². The molecule has 17 heavy (non-hydrogen) atoms. The standard InChI is InChI=1S/C15H22IN/c1-2-13-5-3-4-6-15(13)17-11-12-7-9-14(16)10-8-12/h7-10,13,15,17H,2-6,11H2,1H3. The number of nitrogens with one attached hydrogen (secondary N) is 1. The number of benzene rings is 1. The van der Waals surface area contributed by atoms with E-state index in [9.17, 15) is 0 Å². The number of halogens is 1. The van der Waals surface area contributed by atoms with Gasteiger partial charge in [0.15, 0.2) is 0 Å². The molecule has 0 aliphatic heterocycles. The summed E-state index contributed by atoms with van der Waals surface area (Å²) >= 11 is 2.36. The molecule has 1 fully saturated rings. The van der Waals surface area contributed by atoms with Crippen LogP contribution in [-0.4, -0.2) is 6.04 Å². The molecule has 1 saturated carbocycles. The molecule has 0 heterocycles. The fraction of sp³-hybridized carbons (Fsp3) is 0.600. The number of rotatable bonds is 4. The maximum atomic E-state index is 3.76. The van der Waals surface area contributed by atoms with E-state index in [0.29, 0.717) is 0 Å². The molecule has 0 amide bonds. The molecule has 1 aliphatic rings. The van der Waals surface area contributed by atoms with Crippen LogP contribution in [-0.2, 0) is 6.54 Å². The summed E-state index contributed by atoms with van der Waals surface area (Å²) < 4.78 is 1.32. The van der Waals surface area contributed by atoms with Gasteiger partial charge in [0.1, 0.15) is 0 Å². The summed E-state index contributed by atoms with van der Waals surface area (Å²) in [7, 11) is 0. The van der Waals surface area contributed by atoms with E-state index in [2.05, 4.69) is 59.1 Å². The molecule has 2 heteroatoms. The van der Waals surface area contributed by atoms with E-state index in [0.717, 1.165) is 18.5 Å². The first-order valence-corrected chi connectivity index (χ1v) is 7.85. The number of hydrogen-bond donors (Lipinski definition) is 1. The maximum Gasteiger partial charge on any atom is 0.0208 e. The second kappa shape index (κ2) is 6.74. The van der Waals surface area contributed by atoms with Gasteiger partial charge in [-0.25, -0.2) is 0 Å². The van der Waals surface area contributed by atoms with Crippen molar-refractivity contribution >= 4 is 22.6 Å². The monoisotopic (exact) mass is 343 g/mol. The van der Waals surface area contributed by atoms with Crippen molar-refractivity contribution in [3.05, 3.63) is 33.4 Å². The first-order chi connectivity index (χ1) is 8.29. The van der Waals surface area contributed by atoms with Crippen molar-refractivity contribution in [2.45, 2.75) is 51.6 Å². The quantitative estimate of drug-likeness (QED) is 0.802. The van der Waals surface area contributed by atoms with Crippen LogP contribution >= 0.6 is 22.6 Å². The van der Waals surface area contributed by atoms with Crippen LogP contribution < -0.4 is 5.32 Å². The highest BCUT2D eigenvalue weighted by Crippen LogP contribution is 2.27. The normalized spacial score (nSPS) is 24.8. The zero-order chi connectivity index (χ0) is 12.1. The highest BCUT2D eigenvalue weighted by molar-refractivity contribution is 14.1. The molecule has 0 saturated heterocycles. The van der Waals surface area contributed by atoms with Crippen LogP contribution in [0.3, 0.4) is 0 Å². The topological polar surface area (TPSA) is 12.0 Å². The van der Waals surface area contributed by atoms with Gasteiger partial charge >= 0.3 is 0 Å². The SMILES string of the molecule is CCC1CCCCC1NCc1ccc(I)cc1. The van der Waals surface area contributed by atoms with Crippen molar-refractivity contribution in [3.8, 4) is 0 Å². The fourth-order valence-electron chi connectivity index (χ4n) is 2.82. The second-order valence-electron chi connectivity index (χ2n) is 5.07. The molecule has 94 valence electrons. The van der Waals surface area contributed by atoms with E-state index in [1.807, 2.05) is 0 Å². The molecular weight excluding hydrogens is 321 g/mol. The Hall–Kier alpha value is -0.0900. The molecule has 2 atom stereocenters. The number of hydrogen-bond acceptors (Lipinski definition) is 1. The predicted octanol–water partition coefficient (Wildman–Crippen LogP) is 4.35. The van der Waals surface area contributed by atoms with Crippen molar-refractivity contribution in [3.63, 3.8) is 0 Å². The van der Waals surface area contributed by atoms with Gasteiger partial charge in [-0.3, -0.25) is 0 Å². The van der Waals surface area contributed by atoms with Crippen LogP contribution in [0, 0.1) is 9.49 Å². The zero-order valence-electron chi connectivity index (χ0n) is 10.6. The lowest BCUT2D eigenvalue weighted by Gasteiger charge is -2.31. The van der Waals surface area contributed by atoms with Crippen LogP contribution in [0.5, 0.6) is 0 Å². The minimum Gasteiger partial charge on any atom is -0.310 e. The van der Waals surface area contributed by atoms with Gasteiger partial charge in [-0.1, -0.05) is 38.3 Å². The van der Waals surface area contributed by atoms with Gasteiger partial charge in [0.2, 0.25) is 0 Å². The van der Waals surface area contributed by atoms with E-state index in [1.165, 1.54) is 41.2 Å². The maximum absolute atomic E-state index is 3.76. The van der Waals surface area contributed by atoms with Crippen LogP contribution in [0.1, 0.15) is 44.6 Å². The average Bonchev–Trinajstić information content (AvgIpc) is 2.38. The van der Waals surface area contributed by atoms with Gasteiger partial charge in [-0.05, 0) is 59.0 Å². The molecule has 0 spiro atoms. The molecular formula is C15H22IN. The Bertz CT molecular complexity index is 333. The lowest BCUT2D eigenvalue weighted by atomic mass is 9.83. The fourth-order valence-corrected chi connectivity index (χ4v) is 3.18. The largest absolute Gasteiger partial charge is 0.310 e.